The number of nitrogens with zero attached hydrogens (tertiary/aromatic N) is 3. The lowest BCUT2D eigenvalue weighted by Crippen LogP contribution is -2.37. The van der Waals surface area contributed by atoms with E-state index in [0.29, 0.717) is 16.6 Å². The standard InChI is InChI=1S/C19H17FN4O3/c1-23(11-18(26)22-14-8-6-13(20)7-9-14)19(27)12-24-16-5-3-2-4-15(16)17(25)10-21-24/h2-10H,11-12H2,1H3,(H,22,26). The second-order valence-electron chi connectivity index (χ2n) is 5.99. The van der Waals surface area contributed by atoms with E-state index >= 15 is 0 Å². The van der Waals surface area contributed by atoms with Gasteiger partial charge in [0.05, 0.1) is 18.3 Å². The largest absolute Gasteiger partial charge is 0.335 e. The van der Waals surface area contributed by atoms with Crippen LogP contribution < -0.4 is 10.7 Å². The second kappa shape index (κ2) is 7.77. The number of rotatable bonds is 5. The smallest absolute Gasteiger partial charge is 0.244 e. The minimum absolute atomic E-state index is 0.110. The lowest BCUT2D eigenvalue weighted by Gasteiger charge is -2.18. The fourth-order valence-corrected chi connectivity index (χ4v) is 2.57. The van der Waals surface area contributed by atoms with Gasteiger partial charge in [0.15, 0.2) is 0 Å². The van der Waals surface area contributed by atoms with Crippen LogP contribution in [0.1, 0.15) is 0 Å². The van der Waals surface area contributed by atoms with Crippen molar-refractivity contribution in [3.8, 4) is 0 Å². The first-order valence-corrected chi connectivity index (χ1v) is 8.18. The molecule has 7 nitrogen and oxygen atoms in total. The molecule has 8 heteroatoms. The lowest BCUT2D eigenvalue weighted by atomic mass is 10.2. The van der Waals surface area contributed by atoms with E-state index < -0.39 is 11.7 Å². The second-order valence-corrected chi connectivity index (χ2v) is 5.99. The molecule has 2 aromatic carbocycles. The Kier molecular flexibility index (Phi) is 5.25. The Morgan fingerprint density at radius 3 is 2.59 bits per heavy atom. The highest BCUT2D eigenvalue weighted by molar-refractivity contribution is 5.94. The van der Waals surface area contributed by atoms with E-state index in [4.69, 9.17) is 0 Å². The van der Waals surface area contributed by atoms with Crippen LogP contribution in [0.4, 0.5) is 10.1 Å². The predicted molar refractivity (Wildman–Crippen MR) is 98.7 cm³/mol. The summed E-state index contributed by atoms with van der Waals surface area (Å²) in [6, 6.07) is 12.2. The molecule has 1 N–H and O–H groups in total. The third-order valence-electron chi connectivity index (χ3n) is 3.98. The highest BCUT2D eigenvalue weighted by Crippen LogP contribution is 2.09. The van der Waals surface area contributed by atoms with E-state index in [1.54, 1.807) is 24.3 Å². The maximum absolute atomic E-state index is 12.9. The van der Waals surface area contributed by atoms with Gasteiger partial charge >= 0.3 is 0 Å². The zero-order valence-electron chi connectivity index (χ0n) is 14.6. The summed E-state index contributed by atoms with van der Waals surface area (Å²) < 4.78 is 14.3. The summed E-state index contributed by atoms with van der Waals surface area (Å²) in [5, 5.41) is 7.07. The van der Waals surface area contributed by atoms with Gasteiger partial charge in [-0.2, -0.15) is 5.10 Å². The molecule has 0 atom stereocenters. The summed E-state index contributed by atoms with van der Waals surface area (Å²) in [6.45, 7) is -0.282. The number of fused-ring (bicyclic) bond motifs is 1. The van der Waals surface area contributed by atoms with E-state index in [1.807, 2.05) is 0 Å². The van der Waals surface area contributed by atoms with Crippen LogP contribution >= 0.6 is 0 Å². The number of halogens is 1. The third kappa shape index (κ3) is 4.35. The number of nitrogens with one attached hydrogen (secondary N) is 1. The topological polar surface area (TPSA) is 84.3 Å². The number of amides is 2. The average Bonchev–Trinajstić information content (AvgIpc) is 2.66. The Balaban J connectivity index is 1.66. The maximum atomic E-state index is 12.9. The van der Waals surface area contributed by atoms with Crippen molar-refractivity contribution in [2.45, 2.75) is 6.54 Å². The summed E-state index contributed by atoms with van der Waals surface area (Å²) in [5.41, 5.74) is 0.763. The summed E-state index contributed by atoms with van der Waals surface area (Å²) in [7, 11) is 1.50. The molecule has 0 bridgehead atoms. The number of carbonyl (C=O) groups is 2. The van der Waals surface area contributed by atoms with Gasteiger partial charge in [0.2, 0.25) is 17.2 Å². The van der Waals surface area contributed by atoms with Gasteiger partial charge < -0.3 is 10.2 Å². The molecular formula is C19H17FN4O3. The Morgan fingerprint density at radius 2 is 1.85 bits per heavy atom. The van der Waals surface area contributed by atoms with Crippen LogP contribution in [0.2, 0.25) is 0 Å². The zero-order chi connectivity index (χ0) is 19.4. The molecule has 0 saturated heterocycles. The number of hydrogen-bond donors (Lipinski definition) is 1. The van der Waals surface area contributed by atoms with Crippen molar-refractivity contribution in [1.29, 1.82) is 0 Å². The molecule has 2 amide bonds. The van der Waals surface area contributed by atoms with Crippen molar-refractivity contribution in [3.05, 3.63) is 70.8 Å². The molecule has 27 heavy (non-hydrogen) atoms. The van der Waals surface area contributed by atoms with Gasteiger partial charge in [-0.05, 0) is 36.4 Å². The van der Waals surface area contributed by atoms with Gasteiger partial charge in [-0.3, -0.25) is 19.1 Å². The van der Waals surface area contributed by atoms with Gasteiger partial charge in [0.25, 0.3) is 0 Å². The van der Waals surface area contributed by atoms with Crippen LogP contribution in [0.3, 0.4) is 0 Å². The minimum Gasteiger partial charge on any atom is -0.335 e. The van der Waals surface area contributed by atoms with Crippen LogP contribution in [0, 0.1) is 5.82 Å². The maximum Gasteiger partial charge on any atom is 0.244 e. The van der Waals surface area contributed by atoms with Crippen molar-refractivity contribution in [3.63, 3.8) is 0 Å². The summed E-state index contributed by atoms with van der Waals surface area (Å²) >= 11 is 0. The van der Waals surface area contributed by atoms with Crippen LogP contribution in [0.25, 0.3) is 10.9 Å². The Labute approximate surface area is 154 Å². The number of hydrogen-bond acceptors (Lipinski definition) is 4. The van der Waals surface area contributed by atoms with Crippen molar-refractivity contribution in [2.24, 2.45) is 0 Å². The van der Waals surface area contributed by atoms with E-state index in [2.05, 4.69) is 10.4 Å². The molecule has 0 saturated carbocycles. The van der Waals surface area contributed by atoms with E-state index in [-0.39, 0.29) is 24.4 Å². The van der Waals surface area contributed by atoms with Crippen LogP contribution in [-0.4, -0.2) is 40.1 Å². The minimum atomic E-state index is -0.407. The quantitative estimate of drug-likeness (QED) is 0.742. The molecule has 0 aliphatic carbocycles. The Hall–Kier alpha value is -3.55. The number of para-hydroxylation sites is 1. The number of aromatic nitrogens is 2. The number of benzene rings is 2. The number of likely N-dealkylation sites (N-methyl/N-ethyl adjacent to an activating group) is 1. The van der Waals surface area contributed by atoms with Gasteiger partial charge in [0.1, 0.15) is 12.4 Å². The molecule has 3 aromatic rings. The third-order valence-corrected chi connectivity index (χ3v) is 3.98. The van der Waals surface area contributed by atoms with Crippen LogP contribution in [0.5, 0.6) is 0 Å². The highest BCUT2D eigenvalue weighted by Gasteiger charge is 2.15. The van der Waals surface area contributed by atoms with Gasteiger partial charge in [-0.25, -0.2) is 4.39 Å². The molecule has 3 rings (SSSR count). The molecule has 1 heterocycles. The monoisotopic (exact) mass is 368 g/mol. The fourth-order valence-electron chi connectivity index (χ4n) is 2.57. The first kappa shape index (κ1) is 18.2. The average molecular weight is 368 g/mol. The van der Waals surface area contributed by atoms with E-state index in [0.717, 1.165) is 6.20 Å². The van der Waals surface area contributed by atoms with Crippen molar-refractivity contribution in [2.75, 3.05) is 18.9 Å². The molecule has 0 radical (unpaired) electrons. The molecule has 0 fully saturated rings. The van der Waals surface area contributed by atoms with E-state index in [1.165, 1.54) is 40.9 Å². The molecule has 0 unspecified atom stereocenters. The lowest BCUT2D eigenvalue weighted by molar-refractivity contribution is -0.133. The summed E-state index contributed by atoms with van der Waals surface area (Å²) in [4.78, 5) is 37.6. The first-order valence-electron chi connectivity index (χ1n) is 8.18. The summed E-state index contributed by atoms with van der Waals surface area (Å²) in [6.07, 6.45) is 1.16. The van der Waals surface area contributed by atoms with Crippen LogP contribution in [0.15, 0.2) is 59.5 Å². The normalized spacial score (nSPS) is 10.6. The first-order chi connectivity index (χ1) is 12.9. The predicted octanol–water partition coefficient (Wildman–Crippen LogP) is 1.63. The molecule has 0 aliphatic heterocycles. The van der Waals surface area contributed by atoms with E-state index in [9.17, 15) is 18.8 Å². The molecule has 1 aromatic heterocycles. The zero-order valence-corrected chi connectivity index (χ0v) is 14.6. The van der Waals surface area contributed by atoms with Gasteiger partial charge in [-0.1, -0.05) is 12.1 Å². The fraction of sp³-hybridized carbons (Fsp3) is 0.158. The Morgan fingerprint density at radius 1 is 1.15 bits per heavy atom. The van der Waals surface area contributed by atoms with Crippen molar-refractivity contribution < 1.29 is 14.0 Å². The van der Waals surface area contributed by atoms with Crippen LogP contribution in [-0.2, 0) is 16.1 Å². The highest BCUT2D eigenvalue weighted by atomic mass is 19.1. The van der Waals surface area contributed by atoms with Crippen molar-refractivity contribution >= 4 is 28.4 Å². The van der Waals surface area contributed by atoms with Gasteiger partial charge in [-0.15, -0.1) is 0 Å². The SMILES string of the molecule is CN(CC(=O)Nc1ccc(F)cc1)C(=O)Cn1ncc(=O)c2ccccc21. The molecule has 138 valence electrons. The molecule has 0 spiro atoms. The molecular weight excluding hydrogens is 351 g/mol. The number of carbonyl (C=O) groups excluding carboxylic acids is 2. The summed E-state index contributed by atoms with van der Waals surface area (Å²) in [5.74, 6) is -1.15. The Bertz CT molecular complexity index is 1050. The number of anilines is 1. The van der Waals surface area contributed by atoms with Crippen molar-refractivity contribution in [1.82, 2.24) is 14.7 Å². The van der Waals surface area contributed by atoms with Gasteiger partial charge in [0, 0.05) is 18.1 Å². The molecule has 0 aliphatic rings.